The van der Waals surface area contributed by atoms with Gasteiger partial charge in [-0.2, -0.15) is 5.10 Å². The zero-order valence-electron chi connectivity index (χ0n) is 16.5. The number of aryl methyl sites for hydroxylation is 2. The molecule has 0 spiro atoms. The Hall–Kier alpha value is -3.27. The zero-order chi connectivity index (χ0) is 20.7. The lowest BCUT2D eigenvalue weighted by atomic mass is 10.1. The molecular formula is C20H21N7O2S. The normalized spacial score (nSPS) is 16.4. The second-order valence-electron chi connectivity index (χ2n) is 7.47. The number of carbonyl (C=O) groups excluding carboxylic acids is 1. The van der Waals surface area contributed by atoms with Gasteiger partial charge in [0.25, 0.3) is 5.91 Å². The van der Waals surface area contributed by atoms with Gasteiger partial charge in [0, 0.05) is 43.0 Å². The fourth-order valence-electron chi connectivity index (χ4n) is 3.83. The van der Waals surface area contributed by atoms with E-state index in [0.29, 0.717) is 31.5 Å². The number of fused-ring (bicyclic) bond motifs is 2. The SMILES string of the molecule is Cc1nc(Cn2nc3n(c2=O)CCC(NC(=O)c2ccc4nccn4c2)CC3)cs1. The van der Waals surface area contributed by atoms with E-state index in [9.17, 15) is 9.59 Å². The number of thiazole rings is 1. The molecule has 4 aromatic rings. The molecule has 1 aliphatic heterocycles. The van der Waals surface area contributed by atoms with Gasteiger partial charge in [0.2, 0.25) is 0 Å². The first kappa shape index (κ1) is 18.7. The third kappa shape index (κ3) is 3.54. The number of hydrogen-bond acceptors (Lipinski definition) is 6. The lowest BCUT2D eigenvalue weighted by Crippen LogP contribution is -2.36. The van der Waals surface area contributed by atoms with Crippen LogP contribution in [0.5, 0.6) is 0 Å². The molecule has 154 valence electrons. The number of rotatable bonds is 4. The van der Waals surface area contributed by atoms with Crippen LogP contribution in [-0.4, -0.2) is 40.7 Å². The standard InChI is InChI=1S/C20H21N7O2S/c1-13-22-16(12-30-13)11-27-20(29)26-8-6-15(3-5-18(26)24-27)23-19(28)14-2-4-17-21-7-9-25(17)10-14/h2,4,7,9-10,12,15H,3,5-6,8,11H2,1H3,(H,23,28). The highest BCUT2D eigenvalue weighted by atomic mass is 32.1. The molecule has 0 saturated heterocycles. The van der Waals surface area contributed by atoms with Crippen molar-refractivity contribution in [2.24, 2.45) is 0 Å². The molecule has 1 aliphatic rings. The van der Waals surface area contributed by atoms with Crippen LogP contribution >= 0.6 is 11.3 Å². The number of nitrogens with one attached hydrogen (secondary N) is 1. The summed E-state index contributed by atoms with van der Waals surface area (Å²) in [6.45, 7) is 2.87. The molecule has 9 nitrogen and oxygen atoms in total. The van der Waals surface area contributed by atoms with Gasteiger partial charge < -0.3 is 9.72 Å². The summed E-state index contributed by atoms with van der Waals surface area (Å²) in [4.78, 5) is 34.1. The zero-order valence-corrected chi connectivity index (χ0v) is 17.3. The maximum absolute atomic E-state index is 12.8. The highest BCUT2D eigenvalue weighted by molar-refractivity contribution is 7.09. The van der Waals surface area contributed by atoms with Gasteiger partial charge in [-0.05, 0) is 31.9 Å². The van der Waals surface area contributed by atoms with Crippen molar-refractivity contribution in [3.8, 4) is 0 Å². The minimum atomic E-state index is -0.119. The fraction of sp³-hybridized carbons (Fsp3) is 0.350. The molecule has 0 saturated carbocycles. The maximum atomic E-state index is 12.8. The molecule has 0 radical (unpaired) electrons. The van der Waals surface area contributed by atoms with Crippen LogP contribution in [0.25, 0.3) is 5.65 Å². The van der Waals surface area contributed by atoms with E-state index in [2.05, 4.69) is 20.4 Å². The molecule has 0 aromatic carbocycles. The van der Waals surface area contributed by atoms with Crippen LogP contribution in [0.15, 0.2) is 40.9 Å². The lowest BCUT2D eigenvalue weighted by Gasteiger charge is -2.16. The van der Waals surface area contributed by atoms with E-state index >= 15 is 0 Å². The van der Waals surface area contributed by atoms with Crippen molar-refractivity contribution in [3.63, 3.8) is 0 Å². The first-order valence-electron chi connectivity index (χ1n) is 9.88. The van der Waals surface area contributed by atoms with Crippen molar-refractivity contribution in [1.29, 1.82) is 0 Å². The van der Waals surface area contributed by atoms with E-state index in [1.54, 1.807) is 34.4 Å². The minimum Gasteiger partial charge on any atom is -0.349 e. The minimum absolute atomic E-state index is 0.00766. The predicted octanol–water partition coefficient (Wildman–Crippen LogP) is 1.64. The second-order valence-corrected chi connectivity index (χ2v) is 8.54. The summed E-state index contributed by atoms with van der Waals surface area (Å²) in [6, 6.07) is 3.59. The number of hydrogen-bond donors (Lipinski definition) is 1. The molecule has 1 amide bonds. The summed E-state index contributed by atoms with van der Waals surface area (Å²) in [6.07, 6.45) is 7.36. The monoisotopic (exact) mass is 423 g/mol. The molecule has 1 unspecified atom stereocenters. The van der Waals surface area contributed by atoms with Crippen LogP contribution in [0.4, 0.5) is 0 Å². The largest absolute Gasteiger partial charge is 0.349 e. The van der Waals surface area contributed by atoms with Crippen molar-refractivity contribution in [2.45, 2.75) is 45.3 Å². The molecular weight excluding hydrogens is 402 g/mol. The number of aromatic nitrogens is 6. The van der Waals surface area contributed by atoms with Crippen LogP contribution in [0.3, 0.4) is 0 Å². The van der Waals surface area contributed by atoms with Crippen LogP contribution in [0, 0.1) is 6.92 Å². The van der Waals surface area contributed by atoms with E-state index in [1.165, 1.54) is 4.68 Å². The van der Waals surface area contributed by atoms with Crippen molar-refractivity contribution in [3.05, 3.63) is 68.7 Å². The topological polar surface area (TPSA) is 99.1 Å². The summed E-state index contributed by atoms with van der Waals surface area (Å²) >= 11 is 1.57. The van der Waals surface area contributed by atoms with Crippen LogP contribution in [0.1, 0.15) is 39.7 Å². The lowest BCUT2D eigenvalue weighted by molar-refractivity contribution is 0.0932. The van der Waals surface area contributed by atoms with Gasteiger partial charge >= 0.3 is 5.69 Å². The Bertz CT molecular complexity index is 1280. The molecule has 1 atom stereocenters. The number of carbonyl (C=O) groups is 1. The average molecular weight is 424 g/mol. The van der Waals surface area contributed by atoms with Gasteiger partial charge in [-0.1, -0.05) is 0 Å². The molecule has 1 N–H and O–H groups in total. The van der Waals surface area contributed by atoms with Crippen molar-refractivity contribution >= 4 is 22.9 Å². The first-order valence-corrected chi connectivity index (χ1v) is 10.8. The number of amides is 1. The van der Waals surface area contributed by atoms with Gasteiger partial charge in [-0.15, -0.1) is 11.3 Å². The average Bonchev–Trinajstić information content (AvgIpc) is 3.40. The van der Waals surface area contributed by atoms with E-state index in [1.807, 2.05) is 29.0 Å². The summed E-state index contributed by atoms with van der Waals surface area (Å²) in [5.41, 5.74) is 2.12. The van der Waals surface area contributed by atoms with Crippen molar-refractivity contribution in [2.75, 3.05) is 0 Å². The Balaban J connectivity index is 1.26. The van der Waals surface area contributed by atoms with Gasteiger partial charge in [-0.3, -0.25) is 9.36 Å². The summed E-state index contributed by atoms with van der Waals surface area (Å²) < 4.78 is 5.04. The smallest absolute Gasteiger partial charge is 0.346 e. The van der Waals surface area contributed by atoms with Crippen molar-refractivity contribution < 1.29 is 4.79 Å². The Kier molecular flexibility index (Phi) is 4.70. The number of nitrogens with zero attached hydrogens (tertiary/aromatic N) is 6. The predicted molar refractivity (Wildman–Crippen MR) is 112 cm³/mol. The van der Waals surface area contributed by atoms with E-state index < -0.39 is 0 Å². The van der Waals surface area contributed by atoms with E-state index in [-0.39, 0.29) is 17.6 Å². The molecule has 4 aromatic heterocycles. The highest BCUT2D eigenvalue weighted by Crippen LogP contribution is 2.14. The highest BCUT2D eigenvalue weighted by Gasteiger charge is 2.23. The van der Waals surface area contributed by atoms with Crippen LogP contribution in [-0.2, 0) is 19.5 Å². The molecule has 5 rings (SSSR count). The Morgan fingerprint density at radius 1 is 1.33 bits per heavy atom. The molecule has 10 heteroatoms. The Morgan fingerprint density at radius 3 is 3.07 bits per heavy atom. The second kappa shape index (κ2) is 7.52. The van der Waals surface area contributed by atoms with Gasteiger partial charge in [0.1, 0.15) is 11.5 Å². The molecule has 30 heavy (non-hydrogen) atoms. The summed E-state index contributed by atoms with van der Waals surface area (Å²) in [5.74, 6) is 0.648. The third-order valence-corrected chi connectivity index (χ3v) is 6.20. The third-order valence-electron chi connectivity index (χ3n) is 5.38. The summed E-state index contributed by atoms with van der Waals surface area (Å²) in [5, 5.41) is 10.6. The Morgan fingerprint density at radius 2 is 2.23 bits per heavy atom. The summed E-state index contributed by atoms with van der Waals surface area (Å²) in [7, 11) is 0. The molecule has 0 aliphatic carbocycles. The van der Waals surface area contributed by atoms with E-state index in [4.69, 9.17) is 0 Å². The molecule has 5 heterocycles. The van der Waals surface area contributed by atoms with Gasteiger partial charge in [-0.25, -0.2) is 19.4 Å². The van der Waals surface area contributed by atoms with Crippen molar-refractivity contribution in [1.82, 2.24) is 34.0 Å². The number of imidazole rings is 1. The number of pyridine rings is 1. The van der Waals surface area contributed by atoms with E-state index in [0.717, 1.165) is 28.6 Å². The van der Waals surface area contributed by atoms with Crippen LogP contribution in [0.2, 0.25) is 0 Å². The Labute approximate surface area is 176 Å². The first-order chi connectivity index (χ1) is 14.6. The quantitative estimate of drug-likeness (QED) is 0.538. The van der Waals surface area contributed by atoms with Gasteiger partial charge in [0.15, 0.2) is 0 Å². The molecule has 0 bridgehead atoms. The van der Waals surface area contributed by atoms with Gasteiger partial charge in [0.05, 0.1) is 22.8 Å². The van der Waals surface area contributed by atoms with Crippen LogP contribution < -0.4 is 11.0 Å². The molecule has 0 fully saturated rings. The fourth-order valence-corrected chi connectivity index (χ4v) is 4.44. The maximum Gasteiger partial charge on any atom is 0.346 e.